The fourth-order valence-corrected chi connectivity index (χ4v) is 3.19. The minimum Gasteiger partial charge on any atom is -0.328 e. The SMILES string of the molecule is CCCCSc1nc2c([nH]1)c(=N)ncn2Cc1ccccc1. The Morgan fingerprint density at radius 1 is 1.27 bits per heavy atom. The number of imidazole rings is 1. The van der Waals surface area contributed by atoms with E-state index in [-0.39, 0.29) is 5.49 Å². The lowest BCUT2D eigenvalue weighted by molar-refractivity contribution is 0.782. The molecule has 0 saturated heterocycles. The maximum Gasteiger partial charge on any atom is 0.173 e. The zero-order chi connectivity index (χ0) is 15.4. The molecule has 1 aromatic carbocycles. The van der Waals surface area contributed by atoms with Gasteiger partial charge in [-0.1, -0.05) is 55.4 Å². The topological polar surface area (TPSA) is 70.3 Å². The zero-order valence-electron chi connectivity index (χ0n) is 12.5. The fraction of sp³-hybridized carbons (Fsp3) is 0.312. The van der Waals surface area contributed by atoms with E-state index in [1.807, 2.05) is 22.8 Å². The number of aromatic nitrogens is 4. The monoisotopic (exact) mass is 313 g/mol. The van der Waals surface area contributed by atoms with Crippen LogP contribution >= 0.6 is 11.8 Å². The summed E-state index contributed by atoms with van der Waals surface area (Å²) in [6.07, 6.45) is 4.03. The van der Waals surface area contributed by atoms with E-state index in [2.05, 4.69) is 34.0 Å². The molecule has 0 atom stereocenters. The van der Waals surface area contributed by atoms with E-state index < -0.39 is 0 Å². The highest BCUT2D eigenvalue weighted by molar-refractivity contribution is 7.99. The molecule has 2 aromatic heterocycles. The molecule has 0 bridgehead atoms. The highest BCUT2D eigenvalue weighted by atomic mass is 32.2. The number of rotatable bonds is 6. The Kier molecular flexibility index (Phi) is 4.58. The van der Waals surface area contributed by atoms with E-state index >= 15 is 0 Å². The molecule has 3 aromatic rings. The van der Waals surface area contributed by atoms with Gasteiger partial charge in [-0.3, -0.25) is 5.41 Å². The van der Waals surface area contributed by atoms with E-state index in [9.17, 15) is 0 Å². The molecule has 2 N–H and O–H groups in total. The molecule has 0 saturated carbocycles. The first kappa shape index (κ1) is 14.8. The number of hydrogen-bond acceptors (Lipinski definition) is 4. The largest absolute Gasteiger partial charge is 0.328 e. The molecular weight excluding hydrogens is 294 g/mol. The standard InChI is InChI=1S/C16H19N5S/c1-2-3-9-22-16-19-13-14(17)18-11-21(15(13)20-16)10-12-7-5-4-6-8-12/h4-8,11,17H,2-3,9-10H2,1H3,(H,19,20). The molecule has 0 unspecified atom stereocenters. The van der Waals surface area contributed by atoms with E-state index in [1.165, 1.54) is 12.0 Å². The van der Waals surface area contributed by atoms with Gasteiger partial charge in [0.2, 0.25) is 0 Å². The summed E-state index contributed by atoms with van der Waals surface area (Å²) in [5, 5.41) is 8.83. The van der Waals surface area contributed by atoms with Crippen molar-refractivity contribution in [2.75, 3.05) is 5.75 Å². The van der Waals surface area contributed by atoms with Crippen molar-refractivity contribution in [3.05, 3.63) is 47.7 Å². The van der Waals surface area contributed by atoms with Crippen LogP contribution in [0, 0.1) is 5.41 Å². The van der Waals surface area contributed by atoms with Gasteiger partial charge in [-0.2, -0.15) is 0 Å². The maximum absolute atomic E-state index is 7.96. The highest BCUT2D eigenvalue weighted by Crippen LogP contribution is 2.19. The quantitative estimate of drug-likeness (QED) is 0.542. The minimum atomic E-state index is 0.245. The van der Waals surface area contributed by atoms with Crippen molar-refractivity contribution in [3.8, 4) is 0 Å². The van der Waals surface area contributed by atoms with Crippen LogP contribution < -0.4 is 5.49 Å². The Balaban J connectivity index is 1.93. The summed E-state index contributed by atoms with van der Waals surface area (Å²) in [7, 11) is 0. The Bertz CT molecular complexity index is 806. The van der Waals surface area contributed by atoms with Crippen LogP contribution in [-0.4, -0.2) is 25.3 Å². The predicted molar refractivity (Wildman–Crippen MR) is 88.9 cm³/mol. The first-order valence-electron chi connectivity index (χ1n) is 7.44. The third kappa shape index (κ3) is 3.22. The molecule has 5 nitrogen and oxygen atoms in total. The van der Waals surface area contributed by atoms with Crippen molar-refractivity contribution < 1.29 is 0 Å². The smallest absolute Gasteiger partial charge is 0.173 e. The number of nitrogens with one attached hydrogen (secondary N) is 2. The van der Waals surface area contributed by atoms with Crippen LogP contribution in [0.2, 0.25) is 0 Å². The minimum absolute atomic E-state index is 0.245. The number of benzene rings is 1. The van der Waals surface area contributed by atoms with Gasteiger partial charge in [0.25, 0.3) is 0 Å². The van der Waals surface area contributed by atoms with Gasteiger partial charge < -0.3 is 9.55 Å². The molecular formula is C16H19N5S. The number of aromatic amines is 1. The number of H-pyrrole nitrogens is 1. The number of thioether (sulfide) groups is 1. The van der Waals surface area contributed by atoms with Crippen molar-refractivity contribution in [2.45, 2.75) is 31.5 Å². The molecule has 0 spiro atoms. The van der Waals surface area contributed by atoms with Gasteiger partial charge >= 0.3 is 0 Å². The fourth-order valence-electron chi connectivity index (χ4n) is 2.24. The number of nitrogens with zero attached hydrogens (tertiary/aromatic N) is 3. The van der Waals surface area contributed by atoms with Gasteiger partial charge in [-0.25, -0.2) is 9.97 Å². The Labute approximate surface area is 133 Å². The van der Waals surface area contributed by atoms with Crippen LogP contribution in [0.15, 0.2) is 41.8 Å². The first-order chi connectivity index (χ1) is 10.8. The lowest BCUT2D eigenvalue weighted by atomic mass is 10.2. The molecule has 0 aliphatic rings. The summed E-state index contributed by atoms with van der Waals surface area (Å²) in [5.41, 5.74) is 2.94. The average Bonchev–Trinajstić information content (AvgIpc) is 2.97. The second kappa shape index (κ2) is 6.79. The van der Waals surface area contributed by atoms with Crippen LogP contribution in [0.1, 0.15) is 25.3 Å². The van der Waals surface area contributed by atoms with E-state index in [0.717, 1.165) is 23.0 Å². The Morgan fingerprint density at radius 3 is 2.86 bits per heavy atom. The zero-order valence-corrected chi connectivity index (χ0v) is 13.4. The van der Waals surface area contributed by atoms with Gasteiger partial charge in [-0.05, 0) is 12.0 Å². The predicted octanol–water partition coefficient (Wildman–Crippen LogP) is 3.18. The molecule has 0 amide bonds. The van der Waals surface area contributed by atoms with Crippen molar-refractivity contribution in [3.63, 3.8) is 0 Å². The molecule has 0 aliphatic carbocycles. The third-order valence-electron chi connectivity index (χ3n) is 3.43. The van der Waals surface area contributed by atoms with Crippen molar-refractivity contribution >= 4 is 22.9 Å². The van der Waals surface area contributed by atoms with Crippen LogP contribution in [0.4, 0.5) is 0 Å². The molecule has 0 fully saturated rings. The van der Waals surface area contributed by atoms with Gasteiger partial charge in [0.05, 0.1) is 12.9 Å². The molecule has 0 aliphatic heterocycles. The normalized spacial score (nSPS) is 11.1. The van der Waals surface area contributed by atoms with Gasteiger partial charge in [0.1, 0.15) is 5.52 Å². The second-order valence-corrected chi connectivity index (χ2v) is 6.23. The molecule has 6 heteroatoms. The summed E-state index contributed by atoms with van der Waals surface area (Å²) in [5.74, 6) is 1.04. The first-order valence-corrected chi connectivity index (χ1v) is 8.43. The number of fused-ring (bicyclic) bond motifs is 1. The molecule has 2 heterocycles. The van der Waals surface area contributed by atoms with E-state index in [0.29, 0.717) is 12.1 Å². The van der Waals surface area contributed by atoms with Crippen molar-refractivity contribution in [2.24, 2.45) is 0 Å². The Hall–Kier alpha value is -2.08. The highest BCUT2D eigenvalue weighted by Gasteiger charge is 2.09. The van der Waals surface area contributed by atoms with Crippen molar-refractivity contribution in [1.82, 2.24) is 19.5 Å². The summed E-state index contributed by atoms with van der Waals surface area (Å²) in [6, 6.07) is 10.2. The molecule has 3 rings (SSSR count). The average molecular weight is 313 g/mol. The van der Waals surface area contributed by atoms with E-state index in [1.54, 1.807) is 18.1 Å². The number of unbranched alkanes of at least 4 members (excludes halogenated alkanes) is 1. The summed E-state index contributed by atoms with van der Waals surface area (Å²) >= 11 is 1.70. The van der Waals surface area contributed by atoms with Crippen LogP contribution in [0.5, 0.6) is 0 Å². The summed E-state index contributed by atoms with van der Waals surface area (Å²) in [6.45, 7) is 2.88. The third-order valence-corrected chi connectivity index (χ3v) is 4.39. The maximum atomic E-state index is 7.96. The molecule has 114 valence electrons. The van der Waals surface area contributed by atoms with Crippen LogP contribution in [0.3, 0.4) is 0 Å². The lowest BCUT2D eigenvalue weighted by Gasteiger charge is -2.06. The molecule has 0 radical (unpaired) electrons. The lowest BCUT2D eigenvalue weighted by Crippen LogP contribution is -2.13. The Morgan fingerprint density at radius 2 is 2.09 bits per heavy atom. The van der Waals surface area contributed by atoms with Crippen molar-refractivity contribution in [1.29, 1.82) is 5.41 Å². The summed E-state index contributed by atoms with van der Waals surface area (Å²) in [4.78, 5) is 12.0. The molecule has 22 heavy (non-hydrogen) atoms. The summed E-state index contributed by atoms with van der Waals surface area (Å²) < 4.78 is 1.99. The van der Waals surface area contributed by atoms with Gasteiger partial charge in [-0.15, -0.1) is 0 Å². The second-order valence-electron chi connectivity index (χ2n) is 5.15. The van der Waals surface area contributed by atoms with Crippen LogP contribution in [0.25, 0.3) is 11.2 Å². The van der Waals surface area contributed by atoms with Gasteiger partial charge in [0, 0.05) is 5.75 Å². The number of hydrogen-bond donors (Lipinski definition) is 2. The van der Waals surface area contributed by atoms with E-state index in [4.69, 9.17) is 5.41 Å². The van der Waals surface area contributed by atoms with Crippen LogP contribution in [-0.2, 0) is 6.54 Å². The van der Waals surface area contributed by atoms with Gasteiger partial charge in [0.15, 0.2) is 16.3 Å².